The Labute approximate surface area is 197 Å². The number of carbonyl (C=O) groups excluding carboxylic acids is 1. The molecule has 1 atom stereocenters. The molecular formula is C21H26ClF2N3O5S. The number of sulfonamides is 1. The number of rotatable bonds is 6. The molecule has 0 aliphatic carbocycles. The van der Waals surface area contributed by atoms with Gasteiger partial charge < -0.3 is 19.7 Å². The summed E-state index contributed by atoms with van der Waals surface area (Å²) in [6.45, 7) is 1.92. The molecule has 0 spiro atoms. The summed E-state index contributed by atoms with van der Waals surface area (Å²) in [5.74, 6) is -0.658. The molecule has 1 unspecified atom stereocenters. The van der Waals surface area contributed by atoms with Crippen molar-refractivity contribution in [1.82, 2.24) is 14.5 Å². The van der Waals surface area contributed by atoms with Crippen LogP contribution in [-0.2, 0) is 10.0 Å². The molecule has 1 N–H and O–H groups in total. The van der Waals surface area contributed by atoms with Crippen LogP contribution in [0.5, 0.6) is 11.5 Å². The average molecular weight is 506 g/mol. The second-order valence-electron chi connectivity index (χ2n) is 7.24. The highest BCUT2D eigenvalue weighted by Crippen LogP contribution is 2.29. The fourth-order valence-electron chi connectivity index (χ4n) is 3.48. The van der Waals surface area contributed by atoms with Gasteiger partial charge in [0.1, 0.15) is 28.0 Å². The molecule has 1 aliphatic rings. The van der Waals surface area contributed by atoms with Gasteiger partial charge >= 0.3 is 6.03 Å². The zero-order chi connectivity index (χ0) is 23.5. The van der Waals surface area contributed by atoms with E-state index in [-0.39, 0.29) is 44.6 Å². The number of hydrogen-bond donors (Lipinski definition) is 1. The maximum atomic E-state index is 14.0. The number of nitrogens with zero attached hydrogens (tertiary/aromatic N) is 2. The fraction of sp³-hybridized carbons (Fsp3) is 0.381. The van der Waals surface area contributed by atoms with Crippen LogP contribution in [0, 0.1) is 11.6 Å². The number of benzene rings is 2. The Hall–Kier alpha value is -2.63. The zero-order valence-electron chi connectivity index (χ0n) is 18.4. The summed E-state index contributed by atoms with van der Waals surface area (Å²) in [5.41, 5.74) is 0.725. The molecule has 1 aliphatic heterocycles. The second kappa shape index (κ2) is 11.0. The lowest BCUT2D eigenvalue weighted by Gasteiger charge is -2.34. The van der Waals surface area contributed by atoms with E-state index in [1.165, 1.54) is 19.1 Å². The molecular weight excluding hydrogens is 480 g/mol. The van der Waals surface area contributed by atoms with Crippen LogP contribution in [-0.4, -0.2) is 64.1 Å². The molecule has 3 rings (SSSR count). The van der Waals surface area contributed by atoms with E-state index in [1.807, 2.05) is 0 Å². The molecule has 2 aromatic rings. The van der Waals surface area contributed by atoms with Crippen molar-refractivity contribution in [2.24, 2.45) is 0 Å². The monoisotopic (exact) mass is 505 g/mol. The first-order valence-electron chi connectivity index (χ1n) is 9.90. The van der Waals surface area contributed by atoms with Crippen molar-refractivity contribution in [1.29, 1.82) is 0 Å². The number of piperazine rings is 1. The van der Waals surface area contributed by atoms with Crippen LogP contribution >= 0.6 is 12.4 Å². The van der Waals surface area contributed by atoms with Crippen molar-refractivity contribution < 1.29 is 31.5 Å². The van der Waals surface area contributed by atoms with Crippen LogP contribution < -0.4 is 14.8 Å². The van der Waals surface area contributed by atoms with Crippen molar-refractivity contribution in [2.75, 3.05) is 40.4 Å². The fourth-order valence-corrected chi connectivity index (χ4v) is 4.98. The van der Waals surface area contributed by atoms with E-state index in [0.717, 1.165) is 22.0 Å². The molecule has 0 saturated carbocycles. The first-order valence-corrected chi connectivity index (χ1v) is 11.3. The lowest BCUT2D eigenvalue weighted by molar-refractivity contribution is 0.169. The van der Waals surface area contributed by atoms with Gasteiger partial charge in [0.25, 0.3) is 0 Å². The van der Waals surface area contributed by atoms with Gasteiger partial charge in [-0.3, -0.25) is 0 Å². The Morgan fingerprint density at radius 3 is 2.30 bits per heavy atom. The molecule has 0 radical (unpaired) electrons. The smallest absolute Gasteiger partial charge is 0.317 e. The minimum Gasteiger partial charge on any atom is -0.497 e. The Morgan fingerprint density at radius 1 is 1.03 bits per heavy atom. The molecule has 0 bridgehead atoms. The summed E-state index contributed by atoms with van der Waals surface area (Å²) in [5, 5.41) is 2.87. The largest absolute Gasteiger partial charge is 0.497 e. The third-order valence-corrected chi connectivity index (χ3v) is 7.19. The van der Waals surface area contributed by atoms with Gasteiger partial charge in [-0.05, 0) is 43.3 Å². The first kappa shape index (κ1) is 26.6. The van der Waals surface area contributed by atoms with Gasteiger partial charge in [-0.25, -0.2) is 22.0 Å². The van der Waals surface area contributed by atoms with E-state index < -0.39 is 32.6 Å². The average Bonchev–Trinajstić information content (AvgIpc) is 2.80. The predicted octanol–water partition coefficient (Wildman–Crippen LogP) is 3.18. The minimum absolute atomic E-state index is 0. The summed E-state index contributed by atoms with van der Waals surface area (Å²) in [6, 6.07) is 6.76. The Kier molecular flexibility index (Phi) is 8.87. The number of ether oxygens (including phenoxy) is 2. The Balaban J connectivity index is 0.00000385. The van der Waals surface area contributed by atoms with Crippen LogP contribution in [0.25, 0.3) is 0 Å². The van der Waals surface area contributed by atoms with Crippen LogP contribution in [0.2, 0.25) is 0 Å². The third-order valence-electron chi connectivity index (χ3n) is 5.28. The topological polar surface area (TPSA) is 88.2 Å². The molecule has 8 nitrogen and oxygen atoms in total. The summed E-state index contributed by atoms with van der Waals surface area (Å²) in [6.07, 6.45) is 0. The van der Waals surface area contributed by atoms with Crippen molar-refractivity contribution in [2.45, 2.75) is 17.9 Å². The number of nitrogens with one attached hydrogen (secondary N) is 1. The lowest BCUT2D eigenvalue weighted by atomic mass is 10.1. The Morgan fingerprint density at radius 2 is 1.70 bits per heavy atom. The molecule has 1 heterocycles. The molecule has 12 heteroatoms. The number of halogens is 3. The maximum absolute atomic E-state index is 14.0. The molecule has 2 aromatic carbocycles. The van der Waals surface area contributed by atoms with Gasteiger partial charge in [0.2, 0.25) is 10.0 Å². The van der Waals surface area contributed by atoms with Gasteiger partial charge in [0.15, 0.2) is 0 Å². The van der Waals surface area contributed by atoms with Crippen LogP contribution in [0.1, 0.15) is 18.5 Å². The van der Waals surface area contributed by atoms with Crippen molar-refractivity contribution >= 4 is 28.5 Å². The summed E-state index contributed by atoms with van der Waals surface area (Å²) >= 11 is 0. The highest BCUT2D eigenvalue weighted by Gasteiger charge is 2.32. The SMILES string of the molecule is COc1ccc(OC)c(C(C)NC(=O)N2CCN(S(=O)(=O)c3cc(F)ccc3F)CC2)c1.Cl. The van der Waals surface area contributed by atoms with Crippen LogP contribution in [0.15, 0.2) is 41.3 Å². The van der Waals surface area contributed by atoms with Gasteiger partial charge in [0, 0.05) is 31.7 Å². The number of carbonyl (C=O) groups is 1. The van der Waals surface area contributed by atoms with E-state index in [9.17, 15) is 22.0 Å². The summed E-state index contributed by atoms with van der Waals surface area (Å²) < 4.78 is 64.5. The number of methoxy groups -OCH3 is 2. The molecule has 33 heavy (non-hydrogen) atoms. The van der Waals surface area contributed by atoms with E-state index in [1.54, 1.807) is 25.1 Å². The van der Waals surface area contributed by atoms with E-state index in [2.05, 4.69) is 5.32 Å². The van der Waals surface area contributed by atoms with E-state index in [0.29, 0.717) is 17.6 Å². The molecule has 1 fully saturated rings. The first-order chi connectivity index (χ1) is 15.2. The zero-order valence-corrected chi connectivity index (χ0v) is 20.0. The standard InChI is InChI=1S/C21H25F2N3O5S.ClH/c1-14(17-13-16(30-2)5-7-19(17)31-3)24-21(27)25-8-10-26(11-9-25)32(28,29)20-12-15(22)4-6-18(20)23;/h4-7,12-14H,8-11H2,1-3H3,(H,24,27);1H. The van der Waals surface area contributed by atoms with Gasteiger partial charge in [0.05, 0.1) is 20.3 Å². The summed E-state index contributed by atoms with van der Waals surface area (Å²) in [7, 11) is -1.15. The van der Waals surface area contributed by atoms with Gasteiger partial charge in [-0.1, -0.05) is 0 Å². The molecule has 2 amide bonds. The highest BCUT2D eigenvalue weighted by molar-refractivity contribution is 7.89. The van der Waals surface area contributed by atoms with Gasteiger partial charge in [-0.15, -0.1) is 12.4 Å². The number of urea groups is 1. The van der Waals surface area contributed by atoms with Crippen molar-refractivity contribution in [3.05, 3.63) is 53.6 Å². The normalized spacial score (nSPS) is 15.4. The summed E-state index contributed by atoms with van der Waals surface area (Å²) in [4.78, 5) is 13.5. The highest BCUT2D eigenvalue weighted by atomic mass is 35.5. The quantitative estimate of drug-likeness (QED) is 0.651. The molecule has 0 aromatic heterocycles. The molecule has 1 saturated heterocycles. The maximum Gasteiger partial charge on any atom is 0.317 e. The third kappa shape index (κ3) is 5.84. The van der Waals surface area contributed by atoms with Crippen LogP contribution in [0.3, 0.4) is 0 Å². The lowest BCUT2D eigenvalue weighted by Crippen LogP contribution is -2.53. The minimum atomic E-state index is -4.22. The van der Waals surface area contributed by atoms with Crippen LogP contribution in [0.4, 0.5) is 13.6 Å². The van der Waals surface area contributed by atoms with Gasteiger partial charge in [-0.2, -0.15) is 4.31 Å². The second-order valence-corrected chi connectivity index (χ2v) is 9.15. The number of hydrogen-bond acceptors (Lipinski definition) is 5. The number of amides is 2. The van der Waals surface area contributed by atoms with Crippen molar-refractivity contribution in [3.63, 3.8) is 0 Å². The van der Waals surface area contributed by atoms with E-state index >= 15 is 0 Å². The Bertz CT molecular complexity index is 1100. The molecule has 182 valence electrons. The predicted molar refractivity (Wildman–Crippen MR) is 120 cm³/mol. The van der Waals surface area contributed by atoms with Crippen molar-refractivity contribution in [3.8, 4) is 11.5 Å². The van der Waals surface area contributed by atoms with E-state index in [4.69, 9.17) is 9.47 Å².